The van der Waals surface area contributed by atoms with Gasteiger partial charge < -0.3 is 5.73 Å². The molecule has 0 aliphatic rings. The van der Waals surface area contributed by atoms with Crippen molar-refractivity contribution in [1.29, 1.82) is 0 Å². The Balaban J connectivity index is 2.51. The van der Waals surface area contributed by atoms with Crippen LogP contribution in [0.25, 0.3) is 11.3 Å². The van der Waals surface area contributed by atoms with Gasteiger partial charge in [0.05, 0.1) is 0 Å². The molecule has 0 aromatic heterocycles. The first-order valence-corrected chi connectivity index (χ1v) is 7.92. The van der Waals surface area contributed by atoms with Crippen LogP contribution in [0.15, 0.2) is 72.3 Å². The molecular formula is C21H25N. The van der Waals surface area contributed by atoms with Crippen LogP contribution in [0.3, 0.4) is 0 Å². The monoisotopic (exact) mass is 291 g/mol. The van der Waals surface area contributed by atoms with Crippen LogP contribution >= 0.6 is 0 Å². The SMILES string of the molecule is CCC(C)/C(C)=C(\C=C(/N)c1ccccc1)c1ccccc1. The highest BCUT2D eigenvalue weighted by molar-refractivity contribution is 5.84. The zero-order chi connectivity index (χ0) is 15.9. The summed E-state index contributed by atoms with van der Waals surface area (Å²) in [5.74, 6) is 0.537. The molecule has 0 radical (unpaired) electrons. The van der Waals surface area contributed by atoms with Crippen molar-refractivity contribution < 1.29 is 0 Å². The van der Waals surface area contributed by atoms with E-state index in [0.717, 1.165) is 17.7 Å². The Hall–Kier alpha value is -2.28. The molecule has 0 saturated carbocycles. The number of benzene rings is 2. The second kappa shape index (κ2) is 7.65. The van der Waals surface area contributed by atoms with Crippen molar-refractivity contribution >= 4 is 11.3 Å². The molecule has 22 heavy (non-hydrogen) atoms. The molecule has 0 fully saturated rings. The first-order valence-electron chi connectivity index (χ1n) is 7.92. The van der Waals surface area contributed by atoms with Crippen molar-refractivity contribution in [2.24, 2.45) is 11.7 Å². The van der Waals surface area contributed by atoms with E-state index in [1.165, 1.54) is 16.7 Å². The van der Waals surface area contributed by atoms with Crippen molar-refractivity contribution in [3.63, 3.8) is 0 Å². The molecule has 2 N–H and O–H groups in total. The summed E-state index contributed by atoms with van der Waals surface area (Å²) < 4.78 is 0. The van der Waals surface area contributed by atoms with Crippen LogP contribution in [-0.2, 0) is 0 Å². The second-order valence-corrected chi connectivity index (χ2v) is 5.74. The minimum absolute atomic E-state index is 0.537. The molecule has 1 nitrogen and oxygen atoms in total. The second-order valence-electron chi connectivity index (χ2n) is 5.74. The summed E-state index contributed by atoms with van der Waals surface area (Å²) in [4.78, 5) is 0. The minimum atomic E-state index is 0.537. The standard InChI is InChI=1S/C21H25N/c1-4-16(2)17(3)20(18-11-7-5-8-12-18)15-21(22)19-13-9-6-10-14-19/h5-16H,4,22H2,1-3H3/b20-17+,21-15-. The van der Waals surface area contributed by atoms with Gasteiger partial charge in [-0.3, -0.25) is 0 Å². The van der Waals surface area contributed by atoms with Crippen LogP contribution in [0, 0.1) is 5.92 Å². The normalized spacial score (nSPS) is 14.4. The predicted molar refractivity (Wildman–Crippen MR) is 97.1 cm³/mol. The Morgan fingerprint density at radius 1 is 0.955 bits per heavy atom. The van der Waals surface area contributed by atoms with Gasteiger partial charge in [0.2, 0.25) is 0 Å². The highest BCUT2D eigenvalue weighted by atomic mass is 14.6. The van der Waals surface area contributed by atoms with Gasteiger partial charge in [-0.25, -0.2) is 0 Å². The van der Waals surface area contributed by atoms with E-state index in [9.17, 15) is 0 Å². The van der Waals surface area contributed by atoms with Gasteiger partial charge in [0.25, 0.3) is 0 Å². The molecule has 1 heteroatoms. The van der Waals surface area contributed by atoms with Crippen LogP contribution in [0.2, 0.25) is 0 Å². The smallest absolute Gasteiger partial charge is 0.0393 e. The van der Waals surface area contributed by atoms with Gasteiger partial charge in [0.15, 0.2) is 0 Å². The average molecular weight is 291 g/mol. The molecular weight excluding hydrogens is 266 g/mol. The lowest BCUT2D eigenvalue weighted by atomic mass is 9.90. The summed E-state index contributed by atoms with van der Waals surface area (Å²) in [6.07, 6.45) is 3.24. The van der Waals surface area contributed by atoms with Gasteiger partial charge in [-0.05, 0) is 42.0 Å². The van der Waals surface area contributed by atoms with E-state index < -0.39 is 0 Å². The molecule has 0 heterocycles. The maximum Gasteiger partial charge on any atom is 0.0393 e. The number of hydrogen-bond acceptors (Lipinski definition) is 1. The third-order valence-electron chi connectivity index (χ3n) is 4.27. The highest BCUT2D eigenvalue weighted by Crippen LogP contribution is 2.28. The summed E-state index contributed by atoms with van der Waals surface area (Å²) in [5.41, 5.74) is 12.0. The van der Waals surface area contributed by atoms with Crippen molar-refractivity contribution in [2.75, 3.05) is 0 Å². The zero-order valence-corrected chi connectivity index (χ0v) is 13.7. The third-order valence-corrected chi connectivity index (χ3v) is 4.27. The van der Waals surface area contributed by atoms with Crippen LogP contribution in [0.1, 0.15) is 38.3 Å². The Morgan fingerprint density at radius 2 is 1.45 bits per heavy atom. The van der Waals surface area contributed by atoms with E-state index in [1.54, 1.807) is 0 Å². The summed E-state index contributed by atoms with van der Waals surface area (Å²) in [6, 6.07) is 20.6. The molecule has 114 valence electrons. The van der Waals surface area contributed by atoms with E-state index in [2.05, 4.69) is 51.1 Å². The average Bonchev–Trinajstić information content (AvgIpc) is 2.59. The van der Waals surface area contributed by atoms with Crippen molar-refractivity contribution in [3.05, 3.63) is 83.4 Å². The highest BCUT2D eigenvalue weighted by Gasteiger charge is 2.10. The minimum Gasteiger partial charge on any atom is -0.398 e. The zero-order valence-electron chi connectivity index (χ0n) is 13.7. The number of nitrogens with two attached hydrogens (primary N) is 1. The fraction of sp³-hybridized carbons (Fsp3) is 0.238. The molecule has 0 aliphatic carbocycles. The topological polar surface area (TPSA) is 26.0 Å². The fourth-order valence-corrected chi connectivity index (χ4v) is 2.48. The lowest BCUT2D eigenvalue weighted by Gasteiger charge is -2.16. The van der Waals surface area contributed by atoms with E-state index in [4.69, 9.17) is 5.73 Å². The molecule has 2 aromatic carbocycles. The van der Waals surface area contributed by atoms with Gasteiger partial charge in [-0.15, -0.1) is 0 Å². The Morgan fingerprint density at radius 3 is 1.95 bits per heavy atom. The summed E-state index contributed by atoms with van der Waals surface area (Å²) >= 11 is 0. The molecule has 0 amide bonds. The third kappa shape index (κ3) is 3.88. The fourth-order valence-electron chi connectivity index (χ4n) is 2.48. The van der Waals surface area contributed by atoms with Gasteiger partial charge in [0.1, 0.15) is 0 Å². The van der Waals surface area contributed by atoms with E-state index >= 15 is 0 Å². The maximum atomic E-state index is 6.34. The number of rotatable bonds is 5. The molecule has 1 unspecified atom stereocenters. The predicted octanol–water partition coefficient (Wildman–Crippen LogP) is 5.51. The lowest BCUT2D eigenvalue weighted by molar-refractivity contribution is 0.658. The first-order chi connectivity index (χ1) is 10.6. The van der Waals surface area contributed by atoms with Crippen molar-refractivity contribution in [1.82, 2.24) is 0 Å². The summed E-state index contributed by atoms with van der Waals surface area (Å²) in [7, 11) is 0. The van der Waals surface area contributed by atoms with Crippen LogP contribution in [0.5, 0.6) is 0 Å². The number of allylic oxidation sites excluding steroid dienone is 3. The van der Waals surface area contributed by atoms with Crippen LogP contribution < -0.4 is 5.73 Å². The van der Waals surface area contributed by atoms with Gasteiger partial charge >= 0.3 is 0 Å². The van der Waals surface area contributed by atoms with E-state index in [1.807, 2.05) is 36.4 Å². The van der Waals surface area contributed by atoms with Crippen LogP contribution in [-0.4, -0.2) is 0 Å². The Kier molecular flexibility index (Phi) is 5.60. The van der Waals surface area contributed by atoms with Gasteiger partial charge in [-0.2, -0.15) is 0 Å². The summed E-state index contributed by atoms with van der Waals surface area (Å²) in [6.45, 7) is 6.71. The van der Waals surface area contributed by atoms with Gasteiger partial charge in [-0.1, -0.05) is 80.1 Å². The molecule has 0 spiro atoms. The van der Waals surface area contributed by atoms with E-state index in [-0.39, 0.29) is 0 Å². The molecule has 1 atom stereocenters. The Bertz CT molecular complexity index is 651. The lowest BCUT2D eigenvalue weighted by Crippen LogP contribution is -2.01. The molecule has 0 saturated heterocycles. The van der Waals surface area contributed by atoms with Crippen molar-refractivity contribution in [3.8, 4) is 0 Å². The van der Waals surface area contributed by atoms with E-state index in [0.29, 0.717) is 5.92 Å². The summed E-state index contributed by atoms with van der Waals surface area (Å²) in [5, 5.41) is 0. The largest absolute Gasteiger partial charge is 0.398 e. The van der Waals surface area contributed by atoms with Crippen molar-refractivity contribution in [2.45, 2.75) is 27.2 Å². The molecule has 0 bridgehead atoms. The van der Waals surface area contributed by atoms with Gasteiger partial charge in [0, 0.05) is 5.70 Å². The van der Waals surface area contributed by atoms with Crippen LogP contribution in [0.4, 0.5) is 0 Å². The number of hydrogen-bond donors (Lipinski definition) is 1. The molecule has 0 aliphatic heterocycles. The Labute approximate surface area is 134 Å². The first kappa shape index (κ1) is 16.1. The quantitative estimate of drug-likeness (QED) is 0.723. The molecule has 2 rings (SSSR count). The maximum absolute atomic E-state index is 6.34. The molecule has 2 aromatic rings.